The largest absolute Gasteiger partial charge is 1.00 e. The molecule has 0 saturated heterocycles. The molecule has 1 atom stereocenters. The van der Waals surface area contributed by atoms with Gasteiger partial charge in [-0.15, -0.1) is 6.10 Å². The first-order valence-corrected chi connectivity index (χ1v) is 2.97. The first-order chi connectivity index (χ1) is 3.31. The summed E-state index contributed by atoms with van der Waals surface area (Å²) in [4.78, 5) is 0. The Kier molecular flexibility index (Phi) is 10.7. The molecule has 0 rings (SSSR count). The molecule has 0 spiro atoms. The van der Waals surface area contributed by atoms with Crippen molar-refractivity contribution in [2.45, 2.75) is 39.2 Å². The van der Waals surface area contributed by atoms with E-state index in [-0.39, 0.29) is 25.0 Å². The van der Waals surface area contributed by atoms with Crippen LogP contribution in [-0.2, 0) is 0 Å². The molecule has 1 nitrogen and oxygen atoms in total. The maximum absolute atomic E-state index is 10.5. The van der Waals surface area contributed by atoms with Gasteiger partial charge in [0, 0.05) is 0 Å². The van der Waals surface area contributed by atoms with Crippen LogP contribution in [0.15, 0.2) is 0 Å². The van der Waals surface area contributed by atoms with Gasteiger partial charge in [0.05, 0.1) is 0 Å². The van der Waals surface area contributed by atoms with E-state index in [1.807, 2.05) is 13.8 Å². The average molecular weight is 108 g/mol. The molecule has 0 aromatic heterocycles. The van der Waals surface area contributed by atoms with Crippen LogP contribution in [0.25, 0.3) is 0 Å². The molecule has 0 amide bonds. The van der Waals surface area contributed by atoms with Crippen molar-refractivity contribution in [2.75, 3.05) is 0 Å². The van der Waals surface area contributed by atoms with E-state index in [4.69, 9.17) is 0 Å². The van der Waals surface area contributed by atoms with Crippen molar-refractivity contribution in [1.29, 1.82) is 0 Å². The molecule has 0 saturated carbocycles. The topological polar surface area (TPSA) is 23.1 Å². The van der Waals surface area contributed by atoms with E-state index in [1.54, 1.807) is 0 Å². The molecule has 0 aromatic carbocycles. The van der Waals surface area contributed by atoms with Gasteiger partial charge in [-0.3, -0.25) is 0 Å². The van der Waals surface area contributed by atoms with Gasteiger partial charge in [0.1, 0.15) is 0 Å². The standard InChI is InChI=1S/C6H13O.Li/c1-3-5-6(7)4-2;/h6H,3-5H2,1-2H3;/q-1;+1. The Balaban J connectivity index is 0. The van der Waals surface area contributed by atoms with Crippen molar-refractivity contribution in [3.05, 3.63) is 0 Å². The maximum atomic E-state index is 10.5. The van der Waals surface area contributed by atoms with E-state index in [2.05, 4.69) is 0 Å². The minimum atomic E-state index is -0.301. The van der Waals surface area contributed by atoms with Gasteiger partial charge in [-0.1, -0.05) is 33.1 Å². The van der Waals surface area contributed by atoms with Gasteiger partial charge < -0.3 is 5.11 Å². The molecule has 44 valence electrons. The Morgan fingerprint density at radius 3 is 2.00 bits per heavy atom. The van der Waals surface area contributed by atoms with E-state index < -0.39 is 0 Å². The molecule has 0 radical (unpaired) electrons. The van der Waals surface area contributed by atoms with Crippen LogP contribution in [-0.4, -0.2) is 6.10 Å². The molecule has 0 aromatic rings. The zero-order chi connectivity index (χ0) is 5.70. The Bertz CT molecular complexity index is 39.5. The summed E-state index contributed by atoms with van der Waals surface area (Å²) in [6.07, 6.45) is 2.36. The van der Waals surface area contributed by atoms with Gasteiger partial charge in [0.25, 0.3) is 0 Å². The third kappa shape index (κ3) is 6.56. The minimum absolute atomic E-state index is 0. The fraction of sp³-hybridized carbons (Fsp3) is 1.00. The van der Waals surface area contributed by atoms with Crippen LogP contribution in [0.2, 0.25) is 0 Å². The predicted octanol–water partition coefficient (Wildman–Crippen LogP) is -2.07. The SMILES string of the molecule is CCCC([O-])CC.[Li+]. The number of hydrogen-bond acceptors (Lipinski definition) is 1. The molecule has 0 aliphatic heterocycles. The van der Waals surface area contributed by atoms with Crippen molar-refractivity contribution in [3.63, 3.8) is 0 Å². The zero-order valence-electron chi connectivity index (χ0n) is 6.11. The summed E-state index contributed by atoms with van der Waals surface area (Å²) in [5, 5.41) is 10.5. The number of rotatable bonds is 3. The van der Waals surface area contributed by atoms with Gasteiger partial charge >= 0.3 is 18.9 Å². The second kappa shape index (κ2) is 7.56. The van der Waals surface area contributed by atoms with Crippen LogP contribution >= 0.6 is 0 Å². The van der Waals surface area contributed by atoms with Crippen molar-refractivity contribution in [3.8, 4) is 0 Å². The van der Waals surface area contributed by atoms with Crippen LogP contribution < -0.4 is 24.0 Å². The summed E-state index contributed by atoms with van der Waals surface area (Å²) in [5.41, 5.74) is 0. The van der Waals surface area contributed by atoms with Crippen LogP contribution in [0.4, 0.5) is 0 Å². The second-order valence-corrected chi connectivity index (χ2v) is 1.82. The van der Waals surface area contributed by atoms with Gasteiger partial charge in [0.15, 0.2) is 0 Å². The fourth-order valence-corrected chi connectivity index (χ4v) is 0.526. The minimum Gasteiger partial charge on any atom is -0.852 e. The third-order valence-electron chi connectivity index (χ3n) is 1.07. The van der Waals surface area contributed by atoms with Crippen LogP contribution in [0, 0.1) is 0 Å². The molecular weight excluding hydrogens is 95.0 g/mol. The molecular formula is C6H13LiO. The maximum Gasteiger partial charge on any atom is 1.00 e. The van der Waals surface area contributed by atoms with E-state index in [9.17, 15) is 5.11 Å². The molecule has 2 heteroatoms. The molecule has 0 fully saturated rings. The second-order valence-electron chi connectivity index (χ2n) is 1.82. The summed E-state index contributed by atoms with van der Waals surface area (Å²) in [7, 11) is 0. The predicted molar refractivity (Wildman–Crippen MR) is 29.0 cm³/mol. The number of hydrogen-bond donors (Lipinski definition) is 0. The molecule has 0 bridgehead atoms. The monoisotopic (exact) mass is 108 g/mol. The Morgan fingerprint density at radius 1 is 1.38 bits per heavy atom. The van der Waals surface area contributed by atoms with Gasteiger partial charge in [-0.25, -0.2) is 0 Å². The first-order valence-electron chi connectivity index (χ1n) is 2.97. The zero-order valence-corrected chi connectivity index (χ0v) is 6.11. The van der Waals surface area contributed by atoms with E-state index in [0.717, 1.165) is 19.3 Å². The molecule has 0 aliphatic carbocycles. The molecule has 8 heavy (non-hydrogen) atoms. The Morgan fingerprint density at radius 2 is 1.88 bits per heavy atom. The molecule has 0 aliphatic rings. The molecule has 0 N–H and O–H groups in total. The van der Waals surface area contributed by atoms with Crippen molar-refractivity contribution in [1.82, 2.24) is 0 Å². The van der Waals surface area contributed by atoms with Crippen molar-refractivity contribution >= 4 is 0 Å². The molecule has 0 heterocycles. The molecule has 1 unspecified atom stereocenters. The summed E-state index contributed by atoms with van der Waals surface area (Å²) < 4.78 is 0. The summed E-state index contributed by atoms with van der Waals surface area (Å²) in [6, 6.07) is 0. The Labute approximate surface area is 63.7 Å². The van der Waals surface area contributed by atoms with Gasteiger partial charge in [0.2, 0.25) is 0 Å². The average Bonchev–Trinajstić information content (AvgIpc) is 1.68. The van der Waals surface area contributed by atoms with Crippen molar-refractivity contribution in [2.24, 2.45) is 0 Å². The van der Waals surface area contributed by atoms with E-state index in [0.29, 0.717) is 0 Å². The third-order valence-corrected chi connectivity index (χ3v) is 1.07. The quantitative estimate of drug-likeness (QED) is 0.381. The van der Waals surface area contributed by atoms with Crippen LogP contribution in [0.5, 0.6) is 0 Å². The Hall–Kier alpha value is 0.557. The first kappa shape index (κ1) is 11.4. The van der Waals surface area contributed by atoms with E-state index in [1.165, 1.54) is 0 Å². The fourth-order valence-electron chi connectivity index (χ4n) is 0.526. The van der Waals surface area contributed by atoms with Crippen LogP contribution in [0.1, 0.15) is 33.1 Å². The summed E-state index contributed by atoms with van der Waals surface area (Å²) in [5.74, 6) is 0. The summed E-state index contributed by atoms with van der Waals surface area (Å²) >= 11 is 0. The van der Waals surface area contributed by atoms with Gasteiger partial charge in [-0.2, -0.15) is 0 Å². The summed E-state index contributed by atoms with van der Waals surface area (Å²) in [6.45, 7) is 3.98. The smallest absolute Gasteiger partial charge is 0.852 e. The van der Waals surface area contributed by atoms with Crippen LogP contribution in [0.3, 0.4) is 0 Å². The van der Waals surface area contributed by atoms with E-state index >= 15 is 0 Å². The van der Waals surface area contributed by atoms with Crippen molar-refractivity contribution < 1.29 is 24.0 Å². The van der Waals surface area contributed by atoms with Gasteiger partial charge in [-0.05, 0) is 0 Å². The normalized spacial score (nSPS) is 12.4.